The molecule has 3 N–H and O–H groups in total. The van der Waals surface area contributed by atoms with Crippen LogP contribution >= 0.6 is 0 Å². The molecule has 0 radical (unpaired) electrons. The van der Waals surface area contributed by atoms with Crippen LogP contribution in [0.1, 0.15) is 5.69 Å². The number of nitrogens with zero attached hydrogens (tertiary/aromatic N) is 2. The molecule has 6 heteroatoms. The number of anilines is 1. The van der Waals surface area contributed by atoms with Gasteiger partial charge in [0.1, 0.15) is 0 Å². The molecule has 0 aliphatic heterocycles. The van der Waals surface area contributed by atoms with Crippen LogP contribution < -0.4 is 11.4 Å². The van der Waals surface area contributed by atoms with Crippen LogP contribution in [0.5, 0.6) is 0 Å². The summed E-state index contributed by atoms with van der Waals surface area (Å²) in [4.78, 5) is 14.5. The first-order chi connectivity index (χ1) is 9.18. The van der Waals surface area contributed by atoms with Crippen molar-refractivity contribution in [2.45, 2.75) is 6.92 Å². The molecule has 0 fully saturated rings. The lowest BCUT2D eigenvalue weighted by Gasteiger charge is -2.09. The summed E-state index contributed by atoms with van der Waals surface area (Å²) in [6, 6.07) is 7.46. The standard InChI is InChI=1S/C13H12N4O2/c1-8-6-15-13(18)17(8)11-5-3-2-4-9(11)10-7-16-19-12(10)14/h2-7H,14H2,1H3,(H,15,18). The molecule has 2 aromatic heterocycles. The Labute approximate surface area is 108 Å². The van der Waals surface area contributed by atoms with Gasteiger partial charge in [-0.2, -0.15) is 0 Å². The van der Waals surface area contributed by atoms with Crippen molar-refractivity contribution in [3.63, 3.8) is 0 Å². The largest absolute Gasteiger partial charge is 0.367 e. The number of benzene rings is 1. The molecule has 0 spiro atoms. The van der Waals surface area contributed by atoms with Gasteiger partial charge in [0.25, 0.3) is 0 Å². The van der Waals surface area contributed by atoms with Crippen molar-refractivity contribution >= 4 is 5.88 Å². The zero-order chi connectivity index (χ0) is 13.4. The summed E-state index contributed by atoms with van der Waals surface area (Å²) < 4.78 is 6.47. The SMILES string of the molecule is Cc1c[nH]c(=O)n1-c1ccccc1-c1cnoc1N. The number of hydrogen-bond acceptors (Lipinski definition) is 4. The van der Waals surface area contributed by atoms with Gasteiger partial charge in [0, 0.05) is 17.5 Å². The summed E-state index contributed by atoms with van der Waals surface area (Å²) in [5.74, 6) is 0.230. The molecule has 0 saturated heterocycles. The maximum atomic E-state index is 11.9. The summed E-state index contributed by atoms with van der Waals surface area (Å²) in [6.45, 7) is 1.85. The third kappa shape index (κ3) is 1.74. The monoisotopic (exact) mass is 256 g/mol. The van der Waals surface area contributed by atoms with Crippen LogP contribution in [0.3, 0.4) is 0 Å². The highest BCUT2D eigenvalue weighted by atomic mass is 16.5. The molecule has 19 heavy (non-hydrogen) atoms. The van der Waals surface area contributed by atoms with Gasteiger partial charge in [-0.05, 0) is 13.0 Å². The van der Waals surface area contributed by atoms with Crippen molar-refractivity contribution in [3.05, 3.63) is 52.8 Å². The van der Waals surface area contributed by atoms with Crippen LogP contribution in [0.15, 0.2) is 46.0 Å². The summed E-state index contributed by atoms with van der Waals surface area (Å²) in [5, 5.41) is 3.67. The number of aromatic amines is 1. The zero-order valence-corrected chi connectivity index (χ0v) is 10.3. The first-order valence-corrected chi connectivity index (χ1v) is 5.75. The Balaban J connectivity index is 2.30. The Bertz CT molecular complexity index is 782. The van der Waals surface area contributed by atoms with Crippen LogP contribution in [0.25, 0.3) is 16.8 Å². The Morgan fingerprint density at radius 3 is 2.74 bits per heavy atom. The molecule has 0 aliphatic carbocycles. The summed E-state index contributed by atoms with van der Waals surface area (Å²) >= 11 is 0. The average Bonchev–Trinajstić information content (AvgIpc) is 2.96. The van der Waals surface area contributed by atoms with E-state index in [-0.39, 0.29) is 11.6 Å². The average molecular weight is 256 g/mol. The summed E-state index contributed by atoms with van der Waals surface area (Å²) in [5.41, 5.74) is 8.57. The minimum absolute atomic E-state index is 0.194. The van der Waals surface area contributed by atoms with Gasteiger partial charge in [-0.25, -0.2) is 4.79 Å². The van der Waals surface area contributed by atoms with Crippen LogP contribution in [-0.4, -0.2) is 14.7 Å². The lowest BCUT2D eigenvalue weighted by molar-refractivity contribution is 0.436. The minimum atomic E-state index is -0.194. The fourth-order valence-corrected chi connectivity index (χ4v) is 2.10. The quantitative estimate of drug-likeness (QED) is 0.730. The van der Waals surface area contributed by atoms with Gasteiger partial charge < -0.3 is 15.2 Å². The Morgan fingerprint density at radius 2 is 2.11 bits per heavy atom. The molecule has 1 aromatic carbocycles. The number of aryl methyl sites for hydroxylation is 1. The third-order valence-electron chi connectivity index (χ3n) is 2.99. The molecule has 0 saturated carbocycles. The maximum Gasteiger partial charge on any atom is 0.330 e. The number of nitrogen functional groups attached to an aromatic ring is 1. The number of imidazole rings is 1. The van der Waals surface area contributed by atoms with E-state index in [0.29, 0.717) is 5.56 Å². The maximum absolute atomic E-state index is 11.9. The van der Waals surface area contributed by atoms with E-state index in [0.717, 1.165) is 16.9 Å². The minimum Gasteiger partial charge on any atom is -0.367 e. The van der Waals surface area contributed by atoms with Crippen molar-refractivity contribution in [3.8, 4) is 16.8 Å². The molecule has 3 rings (SSSR count). The van der Waals surface area contributed by atoms with E-state index < -0.39 is 0 Å². The highest BCUT2D eigenvalue weighted by Gasteiger charge is 2.14. The number of nitrogens with two attached hydrogens (primary N) is 1. The van der Waals surface area contributed by atoms with Crippen LogP contribution in [0.4, 0.5) is 5.88 Å². The predicted molar refractivity (Wildman–Crippen MR) is 71.0 cm³/mol. The Kier molecular flexibility index (Phi) is 2.49. The summed E-state index contributed by atoms with van der Waals surface area (Å²) in [7, 11) is 0. The van der Waals surface area contributed by atoms with E-state index in [1.165, 1.54) is 0 Å². The van der Waals surface area contributed by atoms with Crippen LogP contribution in [0.2, 0.25) is 0 Å². The van der Waals surface area contributed by atoms with Gasteiger partial charge in [-0.1, -0.05) is 23.4 Å². The molecule has 6 nitrogen and oxygen atoms in total. The molecule has 0 atom stereocenters. The van der Waals surface area contributed by atoms with E-state index in [4.69, 9.17) is 10.3 Å². The number of hydrogen-bond donors (Lipinski definition) is 2. The van der Waals surface area contributed by atoms with Gasteiger partial charge in [0.15, 0.2) is 0 Å². The number of para-hydroxylation sites is 1. The molecule has 3 aromatic rings. The molecule has 0 aliphatic rings. The van der Waals surface area contributed by atoms with Crippen molar-refractivity contribution < 1.29 is 4.52 Å². The second kappa shape index (κ2) is 4.16. The number of rotatable bonds is 2. The smallest absolute Gasteiger partial charge is 0.330 e. The van der Waals surface area contributed by atoms with E-state index >= 15 is 0 Å². The van der Waals surface area contributed by atoms with Crippen LogP contribution in [-0.2, 0) is 0 Å². The molecule has 0 bridgehead atoms. The predicted octanol–water partition coefficient (Wildman–Crippen LogP) is 1.71. The van der Waals surface area contributed by atoms with Crippen molar-refractivity contribution in [1.29, 1.82) is 0 Å². The molecule has 0 amide bonds. The van der Waals surface area contributed by atoms with Gasteiger partial charge in [0.05, 0.1) is 17.4 Å². The molecular weight excluding hydrogens is 244 g/mol. The van der Waals surface area contributed by atoms with Gasteiger partial charge >= 0.3 is 5.69 Å². The topological polar surface area (TPSA) is 89.8 Å². The zero-order valence-electron chi connectivity index (χ0n) is 10.3. The van der Waals surface area contributed by atoms with Gasteiger partial charge in [0.2, 0.25) is 5.88 Å². The lowest BCUT2D eigenvalue weighted by atomic mass is 10.1. The number of H-pyrrole nitrogens is 1. The fraction of sp³-hybridized carbons (Fsp3) is 0.0769. The number of aromatic nitrogens is 3. The highest BCUT2D eigenvalue weighted by molar-refractivity contribution is 5.78. The summed E-state index contributed by atoms with van der Waals surface area (Å²) in [6.07, 6.45) is 3.21. The van der Waals surface area contributed by atoms with Crippen molar-refractivity contribution in [1.82, 2.24) is 14.7 Å². The second-order valence-corrected chi connectivity index (χ2v) is 4.19. The van der Waals surface area contributed by atoms with Gasteiger partial charge in [-0.3, -0.25) is 4.57 Å². The fourth-order valence-electron chi connectivity index (χ4n) is 2.10. The van der Waals surface area contributed by atoms with E-state index in [2.05, 4.69) is 10.1 Å². The first kappa shape index (κ1) is 11.3. The molecule has 0 unspecified atom stereocenters. The molecular formula is C13H12N4O2. The third-order valence-corrected chi connectivity index (χ3v) is 2.99. The van der Waals surface area contributed by atoms with Crippen molar-refractivity contribution in [2.24, 2.45) is 0 Å². The highest BCUT2D eigenvalue weighted by Crippen LogP contribution is 2.30. The van der Waals surface area contributed by atoms with Crippen molar-refractivity contribution in [2.75, 3.05) is 5.73 Å². The van der Waals surface area contributed by atoms with E-state index in [9.17, 15) is 4.79 Å². The first-order valence-electron chi connectivity index (χ1n) is 5.75. The van der Waals surface area contributed by atoms with E-state index in [1.807, 2.05) is 31.2 Å². The van der Waals surface area contributed by atoms with Crippen LogP contribution in [0, 0.1) is 6.92 Å². The molecule has 96 valence electrons. The Morgan fingerprint density at radius 1 is 1.32 bits per heavy atom. The molecule has 2 heterocycles. The van der Waals surface area contributed by atoms with E-state index in [1.54, 1.807) is 17.0 Å². The number of nitrogens with one attached hydrogen (secondary N) is 1. The lowest BCUT2D eigenvalue weighted by Crippen LogP contribution is -2.16. The van der Waals surface area contributed by atoms with Gasteiger partial charge in [-0.15, -0.1) is 0 Å². The Hall–Kier alpha value is -2.76. The normalized spacial score (nSPS) is 10.8. The second-order valence-electron chi connectivity index (χ2n) is 4.19.